The molecule has 1 aliphatic heterocycles. The van der Waals surface area contributed by atoms with Crippen LogP contribution in [0.2, 0.25) is 0 Å². The Morgan fingerprint density at radius 2 is 2.28 bits per heavy atom. The van der Waals surface area contributed by atoms with Crippen molar-refractivity contribution in [3.8, 4) is 5.75 Å². The maximum atomic E-state index is 5.25. The number of rotatable bonds is 2. The van der Waals surface area contributed by atoms with E-state index in [1.54, 1.807) is 13.3 Å². The zero-order valence-electron chi connectivity index (χ0n) is 10.9. The summed E-state index contributed by atoms with van der Waals surface area (Å²) in [6.45, 7) is 2.32. The zero-order valence-corrected chi connectivity index (χ0v) is 10.9. The number of nitrogens with zero attached hydrogens (tertiary/aromatic N) is 1. The fourth-order valence-electron chi connectivity index (χ4n) is 3.12. The van der Waals surface area contributed by atoms with E-state index in [9.17, 15) is 0 Å². The molecule has 2 heterocycles. The number of ether oxygens (including phenoxy) is 1. The Kier molecular flexibility index (Phi) is 3.33. The average Bonchev–Trinajstić information content (AvgIpc) is 2.47. The minimum atomic E-state index is 0.703. The van der Waals surface area contributed by atoms with Crippen LogP contribution in [0.4, 0.5) is 0 Å². The van der Waals surface area contributed by atoms with E-state index in [0.717, 1.165) is 18.2 Å². The lowest BCUT2D eigenvalue weighted by molar-refractivity contribution is 0.279. The first-order valence-corrected chi connectivity index (χ1v) is 6.77. The summed E-state index contributed by atoms with van der Waals surface area (Å²) >= 11 is 0. The van der Waals surface area contributed by atoms with E-state index < -0.39 is 0 Å². The van der Waals surface area contributed by atoms with E-state index in [1.807, 2.05) is 6.20 Å². The summed E-state index contributed by atoms with van der Waals surface area (Å²) in [5.74, 6) is 2.43. The SMILES string of the molecule is COc1cncc(C2=C[C@@H]3CNCC[C@@H]3CC2)c1. The molecule has 0 saturated carbocycles. The highest BCUT2D eigenvalue weighted by atomic mass is 16.5. The van der Waals surface area contributed by atoms with Crippen LogP contribution in [-0.2, 0) is 0 Å². The van der Waals surface area contributed by atoms with Gasteiger partial charge in [0.05, 0.1) is 13.3 Å². The van der Waals surface area contributed by atoms with E-state index in [0.29, 0.717) is 5.92 Å². The molecule has 1 fully saturated rings. The molecule has 3 nitrogen and oxygen atoms in total. The molecule has 0 aromatic carbocycles. The number of hydrogen-bond acceptors (Lipinski definition) is 3. The Morgan fingerprint density at radius 1 is 1.33 bits per heavy atom. The van der Waals surface area contributed by atoms with Crippen LogP contribution >= 0.6 is 0 Å². The van der Waals surface area contributed by atoms with Gasteiger partial charge in [0.2, 0.25) is 0 Å². The molecule has 0 spiro atoms. The van der Waals surface area contributed by atoms with Gasteiger partial charge >= 0.3 is 0 Å². The molecule has 0 radical (unpaired) electrons. The van der Waals surface area contributed by atoms with Gasteiger partial charge in [-0.2, -0.15) is 0 Å². The number of methoxy groups -OCH3 is 1. The second-order valence-corrected chi connectivity index (χ2v) is 5.26. The van der Waals surface area contributed by atoms with Gasteiger partial charge in [0, 0.05) is 12.7 Å². The van der Waals surface area contributed by atoms with Crippen LogP contribution in [0.15, 0.2) is 24.5 Å². The number of nitrogens with one attached hydrogen (secondary N) is 1. The monoisotopic (exact) mass is 244 g/mol. The predicted octanol–water partition coefficient (Wildman–Crippen LogP) is 2.49. The van der Waals surface area contributed by atoms with E-state index in [4.69, 9.17) is 4.74 Å². The van der Waals surface area contributed by atoms with E-state index in [2.05, 4.69) is 22.4 Å². The molecule has 2 atom stereocenters. The van der Waals surface area contributed by atoms with E-state index in [-0.39, 0.29) is 0 Å². The quantitative estimate of drug-likeness (QED) is 0.868. The van der Waals surface area contributed by atoms with Gasteiger partial charge in [-0.15, -0.1) is 0 Å². The zero-order chi connectivity index (χ0) is 12.4. The van der Waals surface area contributed by atoms with Crippen molar-refractivity contribution < 1.29 is 4.74 Å². The normalized spacial score (nSPS) is 27.3. The standard InChI is InChI=1S/C15H20N2O/c1-18-15-7-14(9-17-10-15)12-3-2-11-4-5-16-8-13(11)6-12/h6-7,9-11,13,16H,2-5,8H2,1H3/t11-,13+/m0/s1. The van der Waals surface area contributed by atoms with Crippen LogP contribution in [-0.4, -0.2) is 25.2 Å². The smallest absolute Gasteiger partial charge is 0.137 e. The van der Waals surface area contributed by atoms with Gasteiger partial charge in [0.25, 0.3) is 0 Å². The molecule has 18 heavy (non-hydrogen) atoms. The van der Waals surface area contributed by atoms with Gasteiger partial charge < -0.3 is 10.1 Å². The predicted molar refractivity (Wildman–Crippen MR) is 72.5 cm³/mol. The fraction of sp³-hybridized carbons (Fsp3) is 0.533. The minimum absolute atomic E-state index is 0.703. The third kappa shape index (κ3) is 2.27. The van der Waals surface area contributed by atoms with Crippen LogP contribution < -0.4 is 10.1 Å². The van der Waals surface area contributed by atoms with Crippen molar-refractivity contribution in [2.45, 2.75) is 19.3 Å². The Hall–Kier alpha value is -1.35. The van der Waals surface area contributed by atoms with Crippen LogP contribution in [0.5, 0.6) is 5.75 Å². The third-order valence-corrected chi connectivity index (χ3v) is 4.20. The van der Waals surface area contributed by atoms with Gasteiger partial charge in [0.1, 0.15) is 5.75 Å². The molecule has 1 aromatic rings. The highest BCUT2D eigenvalue weighted by molar-refractivity contribution is 5.67. The van der Waals surface area contributed by atoms with Crippen LogP contribution in [0.25, 0.3) is 5.57 Å². The van der Waals surface area contributed by atoms with Gasteiger partial charge in [-0.3, -0.25) is 4.98 Å². The lowest BCUT2D eigenvalue weighted by Crippen LogP contribution is -2.37. The first-order valence-electron chi connectivity index (χ1n) is 6.77. The van der Waals surface area contributed by atoms with Crippen molar-refractivity contribution in [3.63, 3.8) is 0 Å². The molecule has 96 valence electrons. The Labute approximate surface area is 108 Å². The summed E-state index contributed by atoms with van der Waals surface area (Å²) in [6, 6.07) is 2.09. The lowest BCUT2D eigenvalue weighted by atomic mass is 9.76. The molecule has 0 bridgehead atoms. The maximum absolute atomic E-state index is 5.25. The summed E-state index contributed by atoms with van der Waals surface area (Å²) < 4.78 is 5.25. The topological polar surface area (TPSA) is 34.1 Å². The second-order valence-electron chi connectivity index (χ2n) is 5.26. The summed E-state index contributed by atoms with van der Waals surface area (Å²) in [7, 11) is 1.69. The number of piperidine rings is 1. The van der Waals surface area contributed by atoms with Gasteiger partial charge in [-0.1, -0.05) is 6.08 Å². The molecule has 1 aromatic heterocycles. The van der Waals surface area contributed by atoms with Crippen molar-refractivity contribution >= 4 is 5.57 Å². The van der Waals surface area contributed by atoms with E-state index >= 15 is 0 Å². The average molecular weight is 244 g/mol. The van der Waals surface area contributed by atoms with Gasteiger partial charge in [0.15, 0.2) is 0 Å². The van der Waals surface area contributed by atoms with Crippen molar-refractivity contribution in [3.05, 3.63) is 30.1 Å². The molecular formula is C15H20N2O. The molecule has 3 rings (SSSR count). The van der Waals surface area contributed by atoms with E-state index in [1.165, 1.54) is 36.9 Å². The Balaban J connectivity index is 1.85. The molecule has 0 amide bonds. The second kappa shape index (κ2) is 5.11. The number of pyridine rings is 1. The Bertz CT molecular complexity index is 456. The Morgan fingerprint density at radius 3 is 3.17 bits per heavy atom. The largest absolute Gasteiger partial charge is 0.495 e. The van der Waals surface area contributed by atoms with Crippen LogP contribution in [0.1, 0.15) is 24.8 Å². The minimum Gasteiger partial charge on any atom is -0.495 e. The maximum Gasteiger partial charge on any atom is 0.137 e. The first-order chi connectivity index (χ1) is 8.86. The molecule has 1 saturated heterocycles. The van der Waals surface area contributed by atoms with Crippen molar-refractivity contribution in [2.24, 2.45) is 11.8 Å². The summed E-state index contributed by atoms with van der Waals surface area (Å²) in [6.07, 6.45) is 9.98. The first kappa shape index (κ1) is 11.7. The summed E-state index contributed by atoms with van der Waals surface area (Å²) in [5, 5.41) is 3.49. The van der Waals surface area contributed by atoms with Crippen LogP contribution in [0, 0.1) is 11.8 Å². The van der Waals surface area contributed by atoms with Crippen molar-refractivity contribution in [2.75, 3.05) is 20.2 Å². The number of allylic oxidation sites excluding steroid dienone is 1. The highest BCUT2D eigenvalue weighted by Crippen LogP contribution is 2.36. The molecular weight excluding hydrogens is 224 g/mol. The summed E-state index contributed by atoms with van der Waals surface area (Å²) in [4.78, 5) is 4.25. The highest BCUT2D eigenvalue weighted by Gasteiger charge is 2.27. The molecule has 2 aliphatic rings. The number of aromatic nitrogens is 1. The van der Waals surface area contributed by atoms with Gasteiger partial charge in [-0.25, -0.2) is 0 Å². The molecule has 0 unspecified atom stereocenters. The van der Waals surface area contributed by atoms with Crippen LogP contribution in [0.3, 0.4) is 0 Å². The third-order valence-electron chi connectivity index (χ3n) is 4.20. The molecule has 3 heteroatoms. The number of fused-ring (bicyclic) bond motifs is 1. The lowest BCUT2D eigenvalue weighted by Gasteiger charge is -2.34. The molecule has 1 aliphatic carbocycles. The van der Waals surface area contributed by atoms with Gasteiger partial charge in [-0.05, 0) is 54.8 Å². The fourth-order valence-corrected chi connectivity index (χ4v) is 3.12. The van der Waals surface area contributed by atoms with Crippen molar-refractivity contribution in [1.29, 1.82) is 0 Å². The van der Waals surface area contributed by atoms with Crippen molar-refractivity contribution in [1.82, 2.24) is 10.3 Å². The number of hydrogen-bond donors (Lipinski definition) is 1. The molecule has 1 N–H and O–H groups in total. The summed E-state index contributed by atoms with van der Waals surface area (Å²) in [5.41, 5.74) is 2.66.